The van der Waals surface area contributed by atoms with Crippen molar-refractivity contribution in [3.63, 3.8) is 0 Å². The molecule has 0 bridgehead atoms. The quantitative estimate of drug-likeness (QED) is 0.521. The smallest absolute Gasteiger partial charge is 0.255 e. The Labute approximate surface area is 182 Å². The molecule has 0 N–H and O–H groups in total. The molecule has 1 unspecified atom stereocenters. The Kier molecular flexibility index (Phi) is 5.94. The Hall–Kier alpha value is -3.68. The van der Waals surface area contributed by atoms with Crippen LogP contribution in [0.1, 0.15) is 27.5 Å². The minimum atomic E-state index is -1.11. The predicted molar refractivity (Wildman–Crippen MR) is 110 cm³/mol. The summed E-state index contributed by atoms with van der Waals surface area (Å²) in [6.45, 7) is -0.162. The topological polar surface area (TPSA) is 48.0 Å². The van der Waals surface area contributed by atoms with Gasteiger partial charge in [-0.25, -0.2) is 13.2 Å². The van der Waals surface area contributed by atoms with Gasteiger partial charge in [0.25, 0.3) is 5.91 Å². The van der Waals surface area contributed by atoms with E-state index in [2.05, 4.69) is 0 Å². The second-order valence-electron chi connectivity index (χ2n) is 7.24. The highest BCUT2D eigenvalue weighted by Gasteiger charge is 2.37. The molecule has 1 aliphatic rings. The molecule has 166 valence electrons. The van der Waals surface area contributed by atoms with E-state index in [1.165, 1.54) is 31.3 Å². The number of nitrogens with zero attached hydrogens (tertiary/aromatic N) is 1. The number of benzene rings is 3. The average molecular weight is 443 g/mol. The second kappa shape index (κ2) is 8.82. The summed E-state index contributed by atoms with van der Waals surface area (Å²) in [6, 6.07) is 11.5. The Balaban J connectivity index is 1.69. The highest BCUT2D eigenvalue weighted by Crippen LogP contribution is 2.36. The maximum atomic E-state index is 15.0. The number of halogens is 3. The maximum Gasteiger partial charge on any atom is 0.255 e. The molecule has 4 rings (SSSR count). The van der Waals surface area contributed by atoms with Gasteiger partial charge in [-0.3, -0.25) is 4.79 Å². The fourth-order valence-corrected chi connectivity index (χ4v) is 3.72. The Morgan fingerprint density at radius 1 is 0.875 bits per heavy atom. The number of hydrogen-bond acceptors (Lipinski definition) is 4. The third kappa shape index (κ3) is 4.08. The highest BCUT2D eigenvalue weighted by atomic mass is 19.1. The molecule has 1 amide bonds. The van der Waals surface area contributed by atoms with E-state index in [9.17, 15) is 18.0 Å². The van der Waals surface area contributed by atoms with Gasteiger partial charge in [0.1, 0.15) is 41.3 Å². The van der Waals surface area contributed by atoms with Crippen LogP contribution in [0.25, 0.3) is 0 Å². The van der Waals surface area contributed by atoms with Crippen LogP contribution in [-0.4, -0.2) is 31.6 Å². The molecule has 8 heteroatoms. The number of hydrogen-bond donors (Lipinski definition) is 0. The van der Waals surface area contributed by atoms with Gasteiger partial charge in [-0.1, -0.05) is 6.07 Å². The molecule has 0 radical (unpaired) electrons. The van der Waals surface area contributed by atoms with Gasteiger partial charge in [0, 0.05) is 29.8 Å². The van der Waals surface area contributed by atoms with Crippen molar-refractivity contribution in [3.8, 4) is 17.2 Å². The van der Waals surface area contributed by atoms with Crippen molar-refractivity contribution in [2.45, 2.75) is 12.6 Å². The van der Waals surface area contributed by atoms with E-state index in [4.69, 9.17) is 14.2 Å². The molecular weight excluding hydrogens is 423 g/mol. The Morgan fingerprint density at radius 2 is 1.50 bits per heavy atom. The summed E-state index contributed by atoms with van der Waals surface area (Å²) < 4.78 is 59.4. The molecule has 5 nitrogen and oxygen atoms in total. The molecule has 0 saturated carbocycles. The molecule has 1 aliphatic heterocycles. The van der Waals surface area contributed by atoms with Gasteiger partial charge < -0.3 is 19.1 Å². The minimum absolute atomic E-state index is 0.0108. The first-order valence-corrected chi connectivity index (χ1v) is 9.80. The number of amides is 1. The van der Waals surface area contributed by atoms with E-state index < -0.39 is 29.4 Å². The third-order valence-corrected chi connectivity index (χ3v) is 5.37. The second-order valence-corrected chi connectivity index (χ2v) is 7.24. The van der Waals surface area contributed by atoms with Crippen LogP contribution in [-0.2, 0) is 6.54 Å². The summed E-state index contributed by atoms with van der Waals surface area (Å²) in [4.78, 5) is 14.3. The Bertz CT molecular complexity index is 1130. The summed E-state index contributed by atoms with van der Waals surface area (Å²) in [5.41, 5.74) is 0.398. The van der Waals surface area contributed by atoms with Crippen molar-refractivity contribution in [2.75, 3.05) is 20.8 Å². The van der Waals surface area contributed by atoms with Crippen LogP contribution in [0, 0.1) is 17.5 Å². The number of carbonyl (C=O) groups is 1. The molecule has 1 heterocycles. The van der Waals surface area contributed by atoms with E-state index in [1.54, 1.807) is 24.3 Å². The van der Waals surface area contributed by atoms with Gasteiger partial charge >= 0.3 is 0 Å². The molecule has 32 heavy (non-hydrogen) atoms. The molecule has 0 aromatic heterocycles. The van der Waals surface area contributed by atoms with Crippen molar-refractivity contribution >= 4 is 5.91 Å². The SMILES string of the molecule is COc1ccc(OCC(c2c(F)cc(OC)cc2F)N2Cc3ccc(F)cc3C2=O)cc1. The molecule has 3 aromatic carbocycles. The van der Waals surface area contributed by atoms with Crippen molar-refractivity contribution in [1.29, 1.82) is 0 Å². The summed E-state index contributed by atoms with van der Waals surface area (Å²) in [7, 11) is 2.83. The van der Waals surface area contributed by atoms with Crippen LogP contribution < -0.4 is 14.2 Å². The van der Waals surface area contributed by atoms with Crippen molar-refractivity contribution in [2.24, 2.45) is 0 Å². The normalized spacial score (nSPS) is 13.7. The van der Waals surface area contributed by atoms with Crippen LogP contribution in [0.3, 0.4) is 0 Å². The fourth-order valence-electron chi connectivity index (χ4n) is 3.72. The zero-order chi connectivity index (χ0) is 22.8. The number of methoxy groups -OCH3 is 2. The van der Waals surface area contributed by atoms with E-state index in [0.29, 0.717) is 17.1 Å². The van der Waals surface area contributed by atoms with Crippen LogP contribution in [0.5, 0.6) is 17.2 Å². The molecular formula is C24H20F3NO4. The van der Waals surface area contributed by atoms with Crippen LogP contribution >= 0.6 is 0 Å². The fraction of sp³-hybridized carbons (Fsp3) is 0.208. The first kappa shape index (κ1) is 21.5. The van der Waals surface area contributed by atoms with Gasteiger partial charge in [0.2, 0.25) is 0 Å². The van der Waals surface area contributed by atoms with E-state index >= 15 is 0 Å². The van der Waals surface area contributed by atoms with Gasteiger partial charge in [-0.15, -0.1) is 0 Å². The molecule has 3 aromatic rings. The number of ether oxygens (including phenoxy) is 3. The summed E-state index contributed by atoms with van der Waals surface area (Å²) in [6.07, 6.45) is 0. The molecule has 0 spiro atoms. The summed E-state index contributed by atoms with van der Waals surface area (Å²) >= 11 is 0. The lowest BCUT2D eigenvalue weighted by molar-refractivity contribution is 0.0625. The van der Waals surface area contributed by atoms with Crippen molar-refractivity contribution < 1.29 is 32.2 Å². The maximum absolute atomic E-state index is 15.0. The Morgan fingerprint density at radius 3 is 2.12 bits per heavy atom. The predicted octanol–water partition coefficient (Wildman–Crippen LogP) is 4.90. The lowest BCUT2D eigenvalue weighted by Gasteiger charge is -2.29. The molecule has 0 saturated heterocycles. The largest absolute Gasteiger partial charge is 0.497 e. The monoisotopic (exact) mass is 443 g/mol. The lowest BCUT2D eigenvalue weighted by Crippen LogP contribution is -2.34. The zero-order valence-corrected chi connectivity index (χ0v) is 17.4. The van der Waals surface area contributed by atoms with Gasteiger partial charge in [0.15, 0.2) is 0 Å². The third-order valence-electron chi connectivity index (χ3n) is 5.37. The number of carbonyl (C=O) groups excluding carboxylic acids is 1. The molecule has 0 fully saturated rings. The average Bonchev–Trinajstić information content (AvgIpc) is 3.11. The zero-order valence-electron chi connectivity index (χ0n) is 17.4. The first-order chi connectivity index (χ1) is 15.4. The van der Waals surface area contributed by atoms with Crippen LogP contribution in [0.15, 0.2) is 54.6 Å². The number of rotatable bonds is 7. The van der Waals surface area contributed by atoms with Crippen molar-refractivity contribution in [3.05, 3.63) is 88.7 Å². The van der Waals surface area contributed by atoms with Crippen molar-refractivity contribution in [1.82, 2.24) is 4.90 Å². The summed E-state index contributed by atoms with van der Waals surface area (Å²) in [5, 5.41) is 0. The molecule has 0 aliphatic carbocycles. The lowest BCUT2D eigenvalue weighted by atomic mass is 10.0. The van der Waals surface area contributed by atoms with E-state index in [0.717, 1.165) is 18.2 Å². The highest BCUT2D eigenvalue weighted by molar-refractivity contribution is 5.98. The van der Waals surface area contributed by atoms with Crippen LogP contribution in [0.4, 0.5) is 13.2 Å². The van der Waals surface area contributed by atoms with Crippen LogP contribution in [0.2, 0.25) is 0 Å². The van der Waals surface area contributed by atoms with E-state index in [1.807, 2.05) is 0 Å². The minimum Gasteiger partial charge on any atom is -0.497 e. The van der Waals surface area contributed by atoms with Gasteiger partial charge in [0.05, 0.1) is 20.3 Å². The van der Waals surface area contributed by atoms with Gasteiger partial charge in [-0.2, -0.15) is 0 Å². The van der Waals surface area contributed by atoms with E-state index in [-0.39, 0.29) is 30.0 Å². The van der Waals surface area contributed by atoms with Gasteiger partial charge in [-0.05, 0) is 42.0 Å². The summed E-state index contributed by atoms with van der Waals surface area (Å²) in [5.74, 6) is -1.78. The molecule has 1 atom stereocenters. The first-order valence-electron chi connectivity index (χ1n) is 9.80. The standard InChI is InChI=1S/C24H20F3NO4/c1-30-16-5-7-17(8-6-16)32-13-22(23-20(26)10-18(31-2)11-21(23)27)28-12-14-3-4-15(25)9-19(14)24(28)29/h3-11,22H,12-13H2,1-2H3. The number of fused-ring (bicyclic) bond motifs is 1.